The fraction of sp³-hybridized carbons (Fsp3) is 0.471. The highest BCUT2D eigenvalue weighted by Crippen LogP contribution is 2.18. The van der Waals surface area contributed by atoms with Gasteiger partial charge in [0.1, 0.15) is 0 Å². The van der Waals surface area contributed by atoms with Crippen molar-refractivity contribution in [3.05, 3.63) is 40.3 Å². The van der Waals surface area contributed by atoms with Crippen molar-refractivity contribution in [2.75, 3.05) is 24.6 Å². The Balaban J connectivity index is 2.12. The van der Waals surface area contributed by atoms with Crippen molar-refractivity contribution in [3.8, 4) is 0 Å². The van der Waals surface area contributed by atoms with Gasteiger partial charge in [-0.15, -0.1) is 0 Å². The van der Waals surface area contributed by atoms with Crippen LogP contribution in [0.3, 0.4) is 0 Å². The van der Waals surface area contributed by atoms with Crippen LogP contribution in [0, 0.1) is 5.92 Å². The molecule has 122 valence electrons. The van der Waals surface area contributed by atoms with Crippen molar-refractivity contribution in [3.63, 3.8) is 0 Å². The average Bonchev–Trinajstić information content (AvgIpc) is 2.57. The fourth-order valence-corrected chi connectivity index (χ4v) is 3.68. The lowest BCUT2D eigenvalue weighted by molar-refractivity contribution is 0.0765. The number of hydrogen-bond donors (Lipinski definition) is 0. The molecule has 23 heavy (non-hydrogen) atoms. The van der Waals surface area contributed by atoms with E-state index in [1.807, 2.05) is 48.7 Å². The molecule has 0 atom stereocenters. The summed E-state index contributed by atoms with van der Waals surface area (Å²) in [5, 5.41) is 5.64. The van der Waals surface area contributed by atoms with Gasteiger partial charge in [-0.2, -0.15) is 16.9 Å². The van der Waals surface area contributed by atoms with E-state index < -0.39 is 0 Å². The van der Waals surface area contributed by atoms with Gasteiger partial charge in [-0.05, 0) is 12.0 Å². The quantitative estimate of drug-likeness (QED) is 0.865. The Kier molecular flexibility index (Phi) is 4.71. The first-order valence-corrected chi connectivity index (χ1v) is 9.10. The Morgan fingerprint density at radius 2 is 1.87 bits per heavy atom. The van der Waals surface area contributed by atoms with Gasteiger partial charge in [-0.25, -0.2) is 4.68 Å². The molecule has 1 amide bonds. The maximum atomic E-state index is 12.9. The fourth-order valence-electron chi connectivity index (χ4n) is 2.78. The highest BCUT2D eigenvalue weighted by Gasteiger charge is 2.23. The minimum absolute atomic E-state index is 0.0704. The molecule has 1 saturated heterocycles. The lowest BCUT2D eigenvalue weighted by Crippen LogP contribution is -2.39. The zero-order valence-electron chi connectivity index (χ0n) is 13.5. The van der Waals surface area contributed by atoms with Crippen LogP contribution in [0.5, 0.6) is 0 Å². The van der Waals surface area contributed by atoms with Gasteiger partial charge >= 0.3 is 0 Å². The molecule has 1 fully saturated rings. The van der Waals surface area contributed by atoms with Gasteiger partial charge in [0, 0.05) is 36.5 Å². The second-order valence-corrected chi connectivity index (χ2v) is 7.40. The number of benzene rings is 1. The van der Waals surface area contributed by atoms with Crippen LogP contribution in [0.15, 0.2) is 29.1 Å². The lowest BCUT2D eigenvalue weighted by atomic mass is 10.1. The normalized spacial score (nSPS) is 15.3. The molecular weight excluding hydrogens is 310 g/mol. The maximum absolute atomic E-state index is 12.9. The first-order valence-electron chi connectivity index (χ1n) is 7.95. The van der Waals surface area contributed by atoms with Gasteiger partial charge in [-0.3, -0.25) is 9.59 Å². The number of nitrogens with zero attached hydrogens (tertiary/aromatic N) is 3. The summed E-state index contributed by atoms with van der Waals surface area (Å²) in [5.74, 6) is 2.12. The van der Waals surface area contributed by atoms with Crippen LogP contribution in [0.25, 0.3) is 10.8 Å². The molecule has 2 heterocycles. The summed E-state index contributed by atoms with van der Waals surface area (Å²) in [4.78, 5) is 27.3. The Bertz CT molecular complexity index is 779. The first kappa shape index (κ1) is 16.1. The number of carbonyl (C=O) groups excluding carboxylic acids is 1. The largest absolute Gasteiger partial charge is 0.336 e. The molecule has 1 aromatic heterocycles. The molecule has 5 nitrogen and oxygen atoms in total. The second kappa shape index (κ2) is 6.74. The molecule has 6 heteroatoms. The highest BCUT2D eigenvalue weighted by atomic mass is 32.2. The Morgan fingerprint density at radius 3 is 2.52 bits per heavy atom. The molecular formula is C17H21N3O2S. The van der Waals surface area contributed by atoms with Gasteiger partial charge in [0.25, 0.3) is 11.5 Å². The topological polar surface area (TPSA) is 55.2 Å². The van der Waals surface area contributed by atoms with E-state index in [9.17, 15) is 9.59 Å². The second-order valence-electron chi connectivity index (χ2n) is 6.18. The maximum Gasteiger partial charge on any atom is 0.275 e. The van der Waals surface area contributed by atoms with E-state index in [1.165, 1.54) is 4.68 Å². The molecule has 0 N–H and O–H groups in total. The lowest BCUT2D eigenvalue weighted by Gasteiger charge is -2.26. The molecule has 1 aliphatic heterocycles. The zero-order valence-corrected chi connectivity index (χ0v) is 14.3. The summed E-state index contributed by atoms with van der Waals surface area (Å²) < 4.78 is 1.44. The van der Waals surface area contributed by atoms with E-state index >= 15 is 0 Å². The van der Waals surface area contributed by atoms with Crippen molar-refractivity contribution in [1.29, 1.82) is 0 Å². The molecule has 3 rings (SSSR count). The van der Waals surface area contributed by atoms with Crippen LogP contribution < -0.4 is 5.56 Å². The molecule has 2 aromatic rings. The van der Waals surface area contributed by atoms with E-state index in [4.69, 9.17) is 0 Å². The predicted molar refractivity (Wildman–Crippen MR) is 94.1 cm³/mol. The van der Waals surface area contributed by atoms with Crippen molar-refractivity contribution in [2.45, 2.75) is 20.4 Å². The van der Waals surface area contributed by atoms with E-state index in [-0.39, 0.29) is 17.4 Å². The number of carbonyl (C=O) groups is 1. The number of rotatable bonds is 3. The van der Waals surface area contributed by atoms with Crippen molar-refractivity contribution < 1.29 is 4.79 Å². The number of fused-ring (bicyclic) bond motifs is 1. The zero-order chi connectivity index (χ0) is 16.4. The van der Waals surface area contributed by atoms with Crippen LogP contribution in [-0.2, 0) is 6.54 Å². The van der Waals surface area contributed by atoms with Gasteiger partial charge in [0.2, 0.25) is 0 Å². The molecule has 0 saturated carbocycles. The first-order chi connectivity index (χ1) is 11.1. The minimum atomic E-state index is -0.125. The highest BCUT2D eigenvalue weighted by molar-refractivity contribution is 7.99. The summed E-state index contributed by atoms with van der Waals surface area (Å²) in [6.45, 7) is 6.06. The standard InChI is InChI=1S/C17H21N3O2S/c1-12(2)11-20-16(21)14-6-4-3-5-13(14)15(18-20)17(22)19-7-9-23-10-8-19/h3-6,12H,7-11H2,1-2H3. The third-order valence-electron chi connectivity index (χ3n) is 3.91. The third kappa shape index (κ3) is 3.27. The summed E-state index contributed by atoms with van der Waals surface area (Å²) >= 11 is 1.86. The van der Waals surface area contributed by atoms with Crippen molar-refractivity contribution in [2.24, 2.45) is 5.92 Å². The Labute approximate surface area is 139 Å². The molecule has 0 radical (unpaired) electrons. The van der Waals surface area contributed by atoms with E-state index in [0.717, 1.165) is 24.6 Å². The SMILES string of the molecule is CC(C)Cn1nc(C(=O)N2CCSCC2)c2ccccc2c1=O. The monoisotopic (exact) mass is 331 g/mol. The van der Waals surface area contributed by atoms with Crippen LogP contribution in [0.1, 0.15) is 24.3 Å². The van der Waals surface area contributed by atoms with E-state index in [2.05, 4.69) is 5.10 Å². The van der Waals surface area contributed by atoms with E-state index in [0.29, 0.717) is 23.0 Å². The molecule has 0 bridgehead atoms. The van der Waals surface area contributed by atoms with Crippen molar-refractivity contribution in [1.82, 2.24) is 14.7 Å². The smallest absolute Gasteiger partial charge is 0.275 e. The van der Waals surface area contributed by atoms with Crippen LogP contribution in [-0.4, -0.2) is 45.2 Å². The summed E-state index contributed by atoms with van der Waals surface area (Å²) in [6.07, 6.45) is 0. The molecule has 0 unspecified atom stereocenters. The number of thioether (sulfide) groups is 1. The Hall–Kier alpha value is -1.82. The summed E-state index contributed by atoms with van der Waals surface area (Å²) in [7, 11) is 0. The van der Waals surface area contributed by atoms with Crippen LogP contribution in [0.2, 0.25) is 0 Å². The Morgan fingerprint density at radius 1 is 1.22 bits per heavy atom. The van der Waals surface area contributed by atoms with Crippen molar-refractivity contribution >= 4 is 28.4 Å². The number of amides is 1. The molecule has 0 spiro atoms. The van der Waals surface area contributed by atoms with Gasteiger partial charge < -0.3 is 4.90 Å². The molecule has 1 aromatic carbocycles. The third-order valence-corrected chi connectivity index (χ3v) is 4.85. The number of aromatic nitrogens is 2. The predicted octanol–water partition coefficient (Wildman–Crippen LogP) is 2.24. The molecule has 0 aliphatic carbocycles. The van der Waals surface area contributed by atoms with E-state index in [1.54, 1.807) is 6.07 Å². The summed E-state index contributed by atoms with van der Waals surface area (Å²) in [5.41, 5.74) is 0.271. The van der Waals surface area contributed by atoms with Gasteiger partial charge in [-0.1, -0.05) is 32.0 Å². The summed E-state index contributed by atoms with van der Waals surface area (Å²) in [6, 6.07) is 7.27. The number of hydrogen-bond acceptors (Lipinski definition) is 4. The van der Waals surface area contributed by atoms with Crippen LogP contribution in [0.4, 0.5) is 0 Å². The molecule has 1 aliphatic rings. The van der Waals surface area contributed by atoms with Gasteiger partial charge in [0.05, 0.1) is 5.39 Å². The minimum Gasteiger partial charge on any atom is -0.336 e. The van der Waals surface area contributed by atoms with Crippen LogP contribution >= 0.6 is 11.8 Å². The average molecular weight is 331 g/mol. The van der Waals surface area contributed by atoms with Gasteiger partial charge in [0.15, 0.2) is 5.69 Å².